The predicted octanol–water partition coefficient (Wildman–Crippen LogP) is 2.80. The quantitative estimate of drug-likeness (QED) is 0.759. The number of aromatic nitrogens is 2. The summed E-state index contributed by atoms with van der Waals surface area (Å²) in [7, 11) is 0. The number of aryl methyl sites for hydroxylation is 1. The SMILES string of the molecule is Cc1cccc2nc(-c3cccc(NC(=O)[C@H]4CCCC[C@H]4C(=O)[O-])c3)cn12. The Kier molecular flexibility index (Phi) is 4.86. The van der Waals surface area contributed by atoms with Gasteiger partial charge in [0.2, 0.25) is 5.91 Å². The molecule has 28 heavy (non-hydrogen) atoms. The molecule has 0 radical (unpaired) electrons. The molecule has 3 aromatic rings. The third kappa shape index (κ3) is 3.50. The predicted molar refractivity (Wildman–Crippen MR) is 104 cm³/mol. The molecule has 0 spiro atoms. The first-order valence-electron chi connectivity index (χ1n) is 9.60. The molecule has 4 rings (SSSR count). The maximum atomic E-state index is 12.7. The number of carbonyl (C=O) groups excluding carboxylic acids is 2. The molecule has 1 aromatic carbocycles. The van der Waals surface area contributed by atoms with Gasteiger partial charge in [-0.2, -0.15) is 0 Å². The van der Waals surface area contributed by atoms with Crippen molar-refractivity contribution in [3.63, 3.8) is 0 Å². The number of carboxylic acid groups (broad SMARTS) is 1. The van der Waals surface area contributed by atoms with Gasteiger partial charge in [0.25, 0.3) is 0 Å². The highest BCUT2D eigenvalue weighted by Crippen LogP contribution is 2.31. The highest BCUT2D eigenvalue weighted by Gasteiger charge is 2.31. The molecule has 1 aliphatic rings. The molecular formula is C22H22N3O3-. The molecule has 2 heterocycles. The Morgan fingerprint density at radius 2 is 1.86 bits per heavy atom. The number of carbonyl (C=O) groups is 2. The second kappa shape index (κ2) is 7.46. The molecule has 1 amide bonds. The van der Waals surface area contributed by atoms with Crippen LogP contribution in [-0.2, 0) is 9.59 Å². The molecule has 2 aromatic heterocycles. The van der Waals surface area contributed by atoms with Crippen LogP contribution < -0.4 is 10.4 Å². The van der Waals surface area contributed by atoms with Crippen molar-refractivity contribution in [2.45, 2.75) is 32.6 Å². The first kappa shape index (κ1) is 18.2. The van der Waals surface area contributed by atoms with Crippen molar-refractivity contribution >= 4 is 23.2 Å². The molecule has 0 bridgehead atoms. The summed E-state index contributed by atoms with van der Waals surface area (Å²) in [6, 6.07) is 13.4. The number of benzene rings is 1. The van der Waals surface area contributed by atoms with Crippen LogP contribution in [0.5, 0.6) is 0 Å². The van der Waals surface area contributed by atoms with E-state index in [4.69, 9.17) is 0 Å². The highest BCUT2D eigenvalue weighted by molar-refractivity contribution is 5.95. The Hall–Kier alpha value is -3.15. The topological polar surface area (TPSA) is 86.5 Å². The highest BCUT2D eigenvalue weighted by atomic mass is 16.4. The summed E-state index contributed by atoms with van der Waals surface area (Å²) < 4.78 is 2.02. The van der Waals surface area contributed by atoms with Crippen LogP contribution in [0.1, 0.15) is 31.4 Å². The Bertz CT molecular complexity index is 1040. The summed E-state index contributed by atoms with van der Waals surface area (Å²) in [6.45, 7) is 2.02. The molecule has 2 atom stereocenters. The molecule has 0 aliphatic heterocycles. The molecule has 6 heteroatoms. The van der Waals surface area contributed by atoms with Crippen LogP contribution in [-0.4, -0.2) is 21.3 Å². The van der Waals surface area contributed by atoms with Gasteiger partial charge in [0, 0.05) is 40.9 Å². The lowest BCUT2D eigenvalue weighted by atomic mass is 9.78. The molecule has 144 valence electrons. The average Bonchev–Trinajstić information content (AvgIpc) is 3.14. The number of anilines is 1. The minimum absolute atomic E-state index is 0.253. The van der Waals surface area contributed by atoms with Crippen molar-refractivity contribution in [1.82, 2.24) is 9.38 Å². The van der Waals surface area contributed by atoms with Crippen LogP contribution in [0.4, 0.5) is 5.69 Å². The number of pyridine rings is 1. The monoisotopic (exact) mass is 376 g/mol. The van der Waals surface area contributed by atoms with Gasteiger partial charge in [-0.3, -0.25) is 4.79 Å². The van der Waals surface area contributed by atoms with Gasteiger partial charge in [-0.15, -0.1) is 0 Å². The Morgan fingerprint density at radius 3 is 2.61 bits per heavy atom. The van der Waals surface area contributed by atoms with Crippen molar-refractivity contribution in [2.24, 2.45) is 11.8 Å². The fourth-order valence-electron chi connectivity index (χ4n) is 4.01. The molecule has 1 fully saturated rings. The van der Waals surface area contributed by atoms with Gasteiger partial charge in [0.1, 0.15) is 5.65 Å². The summed E-state index contributed by atoms with van der Waals surface area (Å²) in [5, 5.41) is 14.3. The minimum Gasteiger partial charge on any atom is -0.550 e. The average molecular weight is 376 g/mol. The number of imidazole rings is 1. The molecule has 1 aliphatic carbocycles. The van der Waals surface area contributed by atoms with E-state index in [1.165, 1.54) is 0 Å². The summed E-state index contributed by atoms with van der Waals surface area (Å²) in [5.41, 5.74) is 4.30. The number of nitrogens with one attached hydrogen (secondary N) is 1. The van der Waals surface area contributed by atoms with Gasteiger partial charge < -0.3 is 19.6 Å². The van der Waals surface area contributed by atoms with E-state index in [0.29, 0.717) is 18.5 Å². The van der Waals surface area contributed by atoms with E-state index in [0.717, 1.165) is 35.4 Å². The van der Waals surface area contributed by atoms with Gasteiger partial charge in [-0.05, 0) is 44.0 Å². The number of hydrogen-bond donors (Lipinski definition) is 1. The van der Waals surface area contributed by atoms with Crippen molar-refractivity contribution in [1.29, 1.82) is 0 Å². The standard InChI is InChI=1S/C22H23N3O3/c1-14-6-4-11-20-24-19(13-25(14)20)15-7-5-8-16(12-15)23-21(26)17-9-2-3-10-18(17)22(27)28/h4-8,11-13,17-18H,2-3,9-10H2,1H3,(H,23,26)(H,27,28)/p-1/t17-,18+/m0/s1. The zero-order valence-electron chi connectivity index (χ0n) is 15.7. The van der Waals surface area contributed by atoms with Gasteiger partial charge in [0.05, 0.1) is 5.69 Å². The lowest BCUT2D eigenvalue weighted by molar-refractivity contribution is -0.313. The zero-order chi connectivity index (χ0) is 19.7. The van der Waals surface area contributed by atoms with Crippen LogP contribution >= 0.6 is 0 Å². The second-order valence-corrected chi connectivity index (χ2v) is 7.41. The molecule has 6 nitrogen and oxygen atoms in total. The number of amides is 1. The third-order valence-corrected chi connectivity index (χ3v) is 5.53. The third-order valence-electron chi connectivity index (χ3n) is 5.53. The Balaban J connectivity index is 1.57. The van der Waals surface area contributed by atoms with Crippen molar-refractivity contribution in [3.8, 4) is 11.3 Å². The number of carboxylic acids is 1. The van der Waals surface area contributed by atoms with E-state index in [1.54, 1.807) is 6.07 Å². The lowest BCUT2D eigenvalue weighted by Gasteiger charge is -2.31. The summed E-state index contributed by atoms with van der Waals surface area (Å²) in [5.74, 6) is -2.64. The van der Waals surface area contributed by atoms with Gasteiger partial charge in [-0.25, -0.2) is 4.98 Å². The second-order valence-electron chi connectivity index (χ2n) is 7.41. The van der Waals surface area contributed by atoms with Gasteiger partial charge in [0.15, 0.2) is 0 Å². The van der Waals surface area contributed by atoms with Crippen molar-refractivity contribution in [2.75, 3.05) is 5.32 Å². The number of aliphatic carboxylic acids is 1. The fourth-order valence-corrected chi connectivity index (χ4v) is 4.01. The fraction of sp³-hybridized carbons (Fsp3) is 0.318. The molecule has 0 unspecified atom stereocenters. The maximum Gasteiger partial charge on any atom is 0.228 e. The molecule has 1 saturated carbocycles. The van der Waals surface area contributed by atoms with Crippen LogP contribution in [0.3, 0.4) is 0 Å². The van der Waals surface area contributed by atoms with E-state index >= 15 is 0 Å². The normalized spacial score (nSPS) is 19.5. The van der Waals surface area contributed by atoms with Gasteiger partial charge in [-0.1, -0.05) is 31.0 Å². The van der Waals surface area contributed by atoms with E-state index in [9.17, 15) is 14.7 Å². The smallest absolute Gasteiger partial charge is 0.228 e. The van der Waals surface area contributed by atoms with E-state index in [-0.39, 0.29) is 5.91 Å². The largest absolute Gasteiger partial charge is 0.550 e. The van der Waals surface area contributed by atoms with Crippen molar-refractivity contribution in [3.05, 3.63) is 54.4 Å². The van der Waals surface area contributed by atoms with Crippen LogP contribution in [0.2, 0.25) is 0 Å². The molecule has 0 saturated heterocycles. The maximum absolute atomic E-state index is 12.7. The van der Waals surface area contributed by atoms with Crippen LogP contribution in [0.25, 0.3) is 16.9 Å². The summed E-state index contributed by atoms with van der Waals surface area (Å²) >= 11 is 0. The number of rotatable bonds is 4. The number of fused-ring (bicyclic) bond motifs is 1. The first-order chi connectivity index (χ1) is 13.5. The van der Waals surface area contributed by atoms with E-state index < -0.39 is 17.8 Å². The Labute approximate surface area is 163 Å². The lowest BCUT2D eigenvalue weighted by Crippen LogP contribution is -2.42. The first-order valence-corrected chi connectivity index (χ1v) is 9.60. The van der Waals surface area contributed by atoms with Gasteiger partial charge >= 0.3 is 0 Å². The Morgan fingerprint density at radius 1 is 1.11 bits per heavy atom. The van der Waals surface area contributed by atoms with E-state index in [1.807, 2.05) is 53.9 Å². The number of nitrogens with zero attached hydrogens (tertiary/aromatic N) is 2. The van der Waals surface area contributed by atoms with Crippen LogP contribution in [0.15, 0.2) is 48.7 Å². The number of hydrogen-bond acceptors (Lipinski definition) is 4. The zero-order valence-corrected chi connectivity index (χ0v) is 15.7. The summed E-state index contributed by atoms with van der Waals surface area (Å²) in [4.78, 5) is 28.7. The minimum atomic E-state index is -1.13. The summed E-state index contributed by atoms with van der Waals surface area (Å²) in [6.07, 6.45) is 4.74. The molecular weight excluding hydrogens is 354 g/mol. The van der Waals surface area contributed by atoms with E-state index in [2.05, 4.69) is 10.3 Å². The van der Waals surface area contributed by atoms with Crippen molar-refractivity contribution < 1.29 is 14.7 Å². The van der Waals surface area contributed by atoms with Crippen LogP contribution in [0, 0.1) is 18.8 Å². The molecule has 1 N–H and O–H groups in total.